The second-order valence-electron chi connectivity index (χ2n) is 6.83. The Morgan fingerprint density at radius 2 is 1.74 bits per heavy atom. The smallest absolute Gasteiger partial charge is 0.310 e. The largest absolute Gasteiger partial charge is 0.469 e. The van der Waals surface area contributed by atoms with Crippen molar-refractivity contribution in [3.63, 3.8) is 0 Å². The molecule has 0 aliphatic heterocycles. The molecule has 1 amide bonds. The number of amides is 1. The predicted octanol–water partition coefficient (Wildman–Crippen LogP) is 3.38. The van der Waals surface area contributed by atoms with Crippen LogP contribution in [0.25, 0.3) is 6.08 Å². The Hall–Kier alpha value is -2.14. The molecule has 1 aromatic carbocycles. The van der Waals surface area contributed by atoms with Gasteiger partial charge in [-0.25, -0.2) is 0 Å². The van der Waals surface area contributed by atoms with Crippen molar-refractivity contribution in [1.29, 1.82) is 0 Å². The number of carbonyl (C=O) groups is 2. The van der Waals surface area contributed by atoms with E-state index in [2.05, 4.69) is 18.7 Å². The second-order valence-corrected chi connectivity index (χ2v) is 6.83. The van der Waals surface area contributed by atoms with Gasteiger partial charge in [0, 0.05) is 19.2 Å². The number of benzene rings is 1. The molecule has 0 heterocycles. The lowest BCUT2D eigenvalue weighted by Crippen LogP contribution is -2.38. The molecule has 0 saturated carbocycles. The molecule has 27 heavy (non-hydrogen) atoms. The molecule has 150 valence electrons. The third kappa shape index (κ3) is 8.39. The highest BCUT2D eigenvalue weighted by atomic mass is 16.5. The molecule has 1 atom stereocenters. The Morgan fingerprint density at radius 1 is 1.11 bits per heavy atom. The molecule has 1 aromatic rings. The summed E-state index contributed by atoms with van der Waals surface area (Å²) in [7, 11) is 1.38. The zero-order valence-electron chi connectivity index (χ0n) is 17.4. The minimum atomic E-state index is -0.347. The van der Waals surface area contributed by atoms with E-state index in [1.54, 1.807) is 17.9 Å². The van der Waals surface area contributed by atoms with Crippen molar-refractivity contribution in [1.82, 2.24) is 9.80 Å². The van der Waals surface area contributed by atoms with Gasteiger partial charge < -0.3 is 14.5 Å². The van der Waals surface area contributed by atoms with E-state index in [-0.39, 0.29) is 17.8 Å². The third-order valence-corrected chi connectivity index (χ3v) is 4.70. The van der Waals surface area contributed by atoms with Gasteiger partial charge in [0.2, 0.25) is 5.91 Å². The summed E-state index contributed by atoms with van der Waals surface area (Å²) in [5.41, 5.74) is 2.17. The van der Waals surface area contributed by atoms with E-state index < -0.39 is 0 Å². The van der Waals surface area contributed by atoms with Gasteiger partial charge >= 0.3 is 5.97 Å². The number of hydrogen-bond acceptors (Lipinski definition) is 4. The summed E-state index contributed by atoms with van der Waals surface area (Å²) < 4.78 is 4.81. The van der Waals surface area contributed by atoms with Gasteiger partial charge in [-0.05, 0) is 44.6 Å². The second kappa shape index (κ2) is 12.3. The maximum Gasteiger partial charge on any atom is 0.310 e. The van der Waals surface area contributed by atoms with Gasteiger partial charge in [-0.1, -0.05) is 50.6 Å². The van der Waals surface area contributed by atoms with Gasteiger partial charge in [0.05, 0.1) is 13.0 Å². The van der Waals surface area contributed by atoms with Crippen molar-refractivity contribution in [3.8, 4) is 0 Å². The van der Waals surface area contributed by atoms with Crippen molar-refractivity contribution in [2.45, 2.75) is 34.1 Å². The first kappa shape index (κ1) is 22.9. The Bertz CT molecular complexity index is 606. The van der Waals surface area contributed by atoms with E-state index in [9.17, 15) is 9.59 Å². The van der Waals surface area contributed by atoms with Gasteiger partial charge in [-0.2, -0.15) is 0 Å². The van der Waals surface area contributed by atoms with Crippen LogP contribution in [0.15, 0.2) is 30.3 Å². The highest BCUT2D eigenvalue weighted by Crippen LogP contribution is 2.08. The quantitative estimate of drug-likeness (QED) is 0.440. The summed E-state index contributed by atoms with van der Waals surface area (Å²) in [6, 6.07) is 8.01. The zero-order valence-corrected chi connectivity index (χ0v) is 17.4. The topological polar surface area (TPSA) is 49.9 Å². The van der Waals surface area contributed by atoms with Gasteiger partial charge in [0.25, 0.3) is 0 Å². The molecule has 0 aliphatic rings. The number of rotatable bonds is 11. The zero-order chi connectivity index (χ0) is 20.2. The minimum Gasteiger partial charge on any atom is -0.469 e. The van der Waals surface area contributed by atoms with E-state index in [1.807, 2.05) is 37.3 Å². The van der Waals surface area contributed by atoms with Crippen LogP contribution in [0.4, 0.5) is 0 Å². The van der Waals surface area contributed by atoms with E-state index in [0.29, 0.717) is 13.1 Å². The van der Waals surface area contributed by atoms with E-state index >= 15 is 0 Å². The first-order valence-electron chi connectivity index (χ1n) is 9.75. The molecule has 0 radical (unpaired) electrons. The Kier molecular flexibility index (Phi) is 10.4. The number of aryl methyl sites for hydroxylation is 1. The standard InChI is InChI=1S/C22H34N2O3/c1-6-23(7-2)15-8-16-24(17-19(4)22(26)27-5)21(25)14-13-20-11-9-18(3)10-12-20/h9-14,19H,6-8,15-17H2,1-5H3/b14-13+. The summed E-state index contributed by atoms with van der Waals surface area (Å²) in [6.07, 6.45) is 4.29. The van der Waals surface area contributed by atoms with E-state index in [1.165, 1.54) is 12.7 Å². The van der Waals surface area contributed by atoms with Gasteiger partial charge in [0.15, 0.2) is 0 Å². The summed E-state index contributed by atoms with van der Waals surface area (Å²) in [6.45, 7) is 12.0. The number of methoxy groups -OCH3 is 1. The molecule has 5 heteroatoms. The lowest BCUT2D eigenvalue weighted by Gasteiger charge is -2.25. The number of hydrogen-bond donors (Lipinski definition) is 0. The molecule has 0 aromatic heterocycles. The first-order valence-corrected chi connectivity index (χ1v) is 9.75. The highest BCUT2D eigenvalue weighted by molar-refractivity contribution is 5.92. The molecule has 0 aliphatic carbocycles. The number of ether oxygens (including phenoxy) is 1. The Balaban J connectivity index is 2.76. The van der Waals surface area contributed by atoms with E-state index in [0.717, 1.165) is 31.6 Å². The summed E-state index contributed by atoms with van der Waals surface area (Å²) in [5.74, 6) is -0.717. The molecule has 0 fully saturated rings. The van der Waals surface area contributed by atoms with Gasteiger partial charge in [-0.15, -0.1) is 0 Å². The molecule has 1 rings (SSSR count). The lowest BCUT2D eigenvalue weighted by atomic mass is 10.1. The summed E-state index contributed by atoms with van der Waals surface area (Å²) >= 11 is 0. The van der Waals surface area contributed by atoms with Crippen molar-refractivity contribution in [2.75, 3.05) is 39.8 Å². The SMILES string of the molecule is CCN(CC)CCCN(CC(C)C(=O)OC)C(=O)/C=C/c1ccc(C)cc1. The molecule has 1 unspecified atom stereocenters. The van der Waals surface area contributed by atoms with E-state index in [4.69, 9.17) is 4.74 Å². The van der Waals surface area contributed by atoms with Crippen LogP contribution >= 0.6 is 0 Å². The van der Waals surface area contributed by atoms with Crippen LogP contribution in [0, 0.1) is 12.8 Å². The van der Waals surface area contributed by atoms with Crippen molar-refractivity contribution >= 4 is 18.0 Å². The minimum absolute atomic E-state index is 0.0779. The maximum absolute atomic E-state index is 12.7. The van der Waals surface area contributed by atoms with Gasteiger partial charge in [-0.3, -0.25) is 9.59 Å². The monoisotopic (exact) mass is 374 g/mol. The number of esters is 1. The van der Waals surface area contributed by atoms with Gasteiger partial charge in [0.1, 0.15) is 0 Å². The molecular weight excluding hydrogens is 340 g/mol. The van der Waals surface area contributed by atoms with Crippen LogP contribution in [0.1, 0.15) is 38.3 Å². The molecule has 0 N–H and O–H groups in total. The van der Waals surface area contributed by atoms with Crippen LogP contribution in [-0.4, -0.2) is 61.5 Å². The average molecular weight is 375 g/mol. The lowest BCUT2D eigenvalue weighted by molar-refractivity contribution is -0.146. The van der Waals surface area contributed by atoms with Crippen LogP contribution < -0.4 is 0 Å². The number of nitrogens with zero attached hydrogens (tertiary/aromatic N) is 2. The van der Waals surface area contributed by atoms with Crippen LogP contribution in [0.5, 0.6) is 0 Å². The average Bonchev–Trinajstić information content (AvgIpc) is 2.68. The van der Waals surface area contributed by atoms with Crippen LogP contribution in [0.3, 0.4) is 0 Å². The Morgan fingerprint density at radius 3 is 2.30 bits per heavy atom. The third-order valence-electron chi connectivity index (χ3n) is 4.70. The van der Waals surface area contributed by atoms with Crippen LogP contribution in [-0.2, 0) is 14.3 Å². The molecule has 0 saturated heterocycles. The predicted molar refractivity (Wildman–Crippen MR) is 110 cm³/mol. The first-order chi connectivity index (χ1) is 12.9. The molecule has 0 bridgehead atoms. The Labute approximate surface area is 164 Å². The fourth-order valence-corrected chi connectivity index (χ4v) is 2.87. The summed E-state index contributed by atoms with van der Waals surface area (Å²) in [4.78, 5) is 28.6. The van der Waals surface area contributed by atoms with Crippen molar-refractivity contribution < 1.29 is 14.3 Å². The fraction of sp³-hybridized carbons (Fsp3) is 0.545. The molecule has 5 nitrogen and oxygen atoms in total. The molecular formula is C22H34N2O3. The number of carbonyl (C=O) groups excluding carboxylic acids is 2. The summed E-state index contributed by atoms with van der Waals surface area (Å²) in [5, 5.41) is 0. The van der Waals surface area contributed by atoms with Crippen molar-refractivity contribution in [3.05, 3.63) is 41.5 Å². The highest BCUT2D eigenvalue weighted by Gasteiger charge is 2.20. The maximum atomic E-state index is 12.7. The van der Waals surface area contributed by atoms with Crippen LogP contribution in [0.2, 0.25) is 0 Å². The molecule has 0 spiro atoms. The van der Waals surface area contributed by atoms with Crippen molar-refractivity contribution in [2.24, 2.45) is 5.92 Å². The fourth-order valence-electron chi connectivity index (χ4n) is 2.87. The normalized spacial score (nSPS) is 12.4.